The second-order valence-electron chi connectivity index (χ2n) is 4.56. The van der Waals surface area contributed by atoms with Crippen LogP contribution in [0.15, 0.2) is 60.7 Å². The summed E-state index contributed by atoms with van der Waals surface area (Å²) in [5.74, 6) is -0.221. The van der Waals surface area contributed by atoms with Crippen LogP contribution in [0.25, 0.3) is 12.2 Å². The first kappa shape index (κ1) is 15.3. The number of ketones is 1. The lowest BCUT2D eigenvalue weighted by molar-refractivity contribution is -0.110. The van der Waals surface area contributed by atoms with Crippen LogP contribution in [-0.4, -0.2) is 18.4 Å². The van der Waals surface area contributed by atoms with Crippen molar-refractivity contribution in [2.45, 2.75) is 0 Å². The SMILES string of the molecule is O=Cc1ccccc1/C=C/C(=O)/C=C/c1ccccc1C=O. The summed E-state index contributed by atoms with van der Waals surface area (Å²) in [7, 11) is 0. The van der Waals surface area contributed by atoms with Crippen LogP contribution in [0.1, 0.15) is 31.8 Å². The number of benzene rings is 2. The van der Waals surface area contributed by atoms with Crippen molar-refractivity contribution < 1.29 is 14.4 Å². The predicted molar refractivity (Wildman–Crippen MR) is 86.7 cm³/mol. The number of hydrogen-bond acceptors (Lipinski definition) is 3. The molecule has 0 radical (unpaired) electrons. The summed E-state index contributed by atoms with van der Waals surface area (Å²) in [6, 6.07) is 14.0. The second-order valence-corrected chi connectivity index (χ2v) is 4.56. The van der Waals surface area contributed by atoms with E-state index in [1.807, 2.05) is 0 Å². The van der Waals surface area contributed by atoms with Crippen LogP contribution in [0.2, 0.25) is 0 Å². The maximum atomic E-state index is 11.8. The molecule has 0 saturated carbocycles. The number of carbonyl (C=O) groups is 3. The van der Waals surface area contributed by atoms with Crippen molar-refractivity contribution in [3.05, 3.63) is 82.9 Å². The lowest BCUT2D eigenvalue weighted by Gasteiger charge is -1.97. The van der Waals surface area contributed by atoms with Gasteiger partial charge in [-0.1, -0.05) is 60.7 Å². The maximum Gasteiger partial charge on any atom is 0.178 e. The van der Waals surface area contributed by atoms with E-state index in [0.29, 0.717) is 22.3 Å². The largest absolute Gasteiger partial charge is 0.298 e. The van der Waals surface area contributed by atoms with Crippen molar-refractivity contribution in [3.8, 4) is 0 Å². The van der Waals surface area contributed by atoms with Crippen LogP contribution in [-0.2, 0) is 4.79 Å². The maximum absolute atomic E-state index is 11.8. The quantitative estimate of drug-likeness (QED) is 0.603. The van der Waals surface area contributed by atoms with E-state index in [4.69, 9.17) is 0 Å². The van der Waals surface area contributed by atoms with Gasteiger partial charge in [-0.15, -0.1) is 0 Å². The average molecular weight is 290 g/mol. The highest BCUT2D eigenvalue weighted by atomic mass is 16.1. The number of rotatable bonds is 6. The van der Waals surface area contributed by atoms with Crippen LogP contribution >= 0.6 is 0 Å². The summed E-state index contributed by atoms with van der Waals surface area (Å²) in [5.41, 5.74) is 2.43. The third-order valence-corrected chi connectivity index (χ3v) is 3.10. The Hall–Kier alpha value is -3.07. The van der Waals surface area contributed by atoms with E-state index in [2.05, 4.69) is 0 Å². The Kier molecular flexibility index (Phi) is 5.32. The predicted octanol–water partition coefficient (Wildman–Crippen LogP) is 3.61. The second kappa shape index (κ2) is 7.64. The van der Waals surface area contributed by atoms with Gasteiger partial charge in [0, 0.05) is 11.1 Å². The van der Waals surface area contributed by atoms with Gasteiger partial charge in [0.1, 0.15) is 0 Å². The topological polar surface area (TPSA) is 51.2 Å². The highest BCUT2D eigenvalue weighted by Crippen LogP contribution is 2.10. The minimum Gasteiger partial charge on any atom is -0.298 e. The first-order valence-electron chi connectivity index (χ1n) is 6.73. The molecule has 0 N–H and O–H groups in total. The van der Waals surface area contributed by atoms with E-state index in [9.17, 15) is 14.4 Å². The van der Waals surface area contributed by atoms with Gasteiger partial charge in [-0.2, -0.15) is 0 Å². The molecule has 0 aromatic heterocycles. The molecule has 0 saturated heterocycles. The van der Waals surface area contributed by atoms with Crippen LogP contribution in [0.5, 0.6) is 0 Å². The third kappa shape index (κ3) is 3.96. The van der Waals surface area contributed by atoms with Crippen LogP contribution in [0.3, 0.4) is 0 Å². The summed E-state index contributed by atoms with van der Waals surface area (Å²) in [4.78, 5) is 33.6. The van der Waals surface area contributed by atoms with Crippen molar-refractivity contribution >= 4 is 30.5 Å². The van der Waals surface area contributed by atoms with Crippen molar-refractivity contribution in [1.29, 1.82) is 0 Å². The molecule has 3 heteroatoms. The fourth-order valence-electron chi connectivity index (χ4n) is 1.94. The molecule has 3 nitrogen and oxygen atoms in total. The van der Waals surface area contributed by atoms with Crippen LogP contribution < -0.4 is 0 Å². The first-order chi connectivity index (χ1) is 10.7. The summed E-state index contributed by atoms with van der Waals surface area (Å²) in [5, 5.41) is 0. The highest BCUT2D eigenvalue weighted by Gasteiger charge is 1.98. The minimum absolute atomic E-state index is 0.221. The fraction of sp³-hybridized carbons (Fsp3) is 0. The molecule has 0 unspecified atom stereocenters. The Balaban J connectivity index is 2.13. The average Bonchev–Trinajstić information content (AvgIpc) is 2.58. The molecule has 108 valence electrons. The zero-order chi connectivity index (χ0) is 15.8. The number of allylic oxidation sites excluding steroid dienone is 2. The standard InChI is InChI=1S/C19H14O3/c20-13-17-7-3-1-5-15(17)9-11-19(22)12-10-16-6-2-4-8-18(16)14-21/h1-14H/b11-9+,12-10+. The van der Waals surface area contributed by atoms with E-state index in [0.717, 1.165) is 12.6 Å². The molecule has 2 rings (SSSR count). The Morgan fingerprint density at radius 1 is 0.636 bits per heavy atom. The number of carbonyl (C=O) groups excluding carboxylic acids is 3. The van der Waals surface area contributed by atoms with E-state index in [1.165, 1.54) is 12.2 Å². The molecule has 0 atom stereocenters. The summed E-state index contributed by atoms with van der Waals surface area (Å²) < 4.78 is 0. The zero-order valence-corrected chi connectivity index (χ0v) is 11.8. The molecule has 0 aliphatic carbocycles. The van der Waals surface area contributed by atoms with Gasteiger partial charge >= 0.3 is 0 Å². The molecule has 0 heterocycles. The van der Waals surface area contributed by atoms with Crippen molar-refractivity contribution in [2.24, 2.45) is 0 Å². The summed E-state index contributed by atoms with van der Waals surface area (Å²) in [6.07, 6.45) is 7.48. The Labute approximate surface area is 128 Å². The van der Waals surface area contributed by atoms with Gasteiger partial charge in [-0.3, -0.25) is 14.4 Å². The third-order valence-electron chi connectivity index (χ3n) is 3.10. The molecule has 0 aliphatic rings. The monoisotopic (exact) mass is 290 g/mol. The molecule has 0 bridgehead atoms. The van der Waals surface area contributed by atoms with Gasteiger partial charge in [0.25, 0.3) is 0 Å². The molecular weight excluding hydrogens is 276 g/mol. The van der Waals surface area contributed by atoms with Crippen molar-refractivity contribution in [1.82, 2.24) is 0 Å². The van der Waals surface area contributed by atoms with Gasteiger partial charge < -0.3 is 0 Å². The molecule has 0 aliphatic heterocycles. The van der Waals surface area contributed by atoms with E-state index in [1.54, 1.807) is 60.7 Å². The van der Waals surface area contributed by atoms with E-state index >= 15 is 0 Å². The van der Waals surface area contributed by atoms with Crippen molar-refractivity contribution in [3.63, 3.8) is 0 Å². The highest BCUT2D eigenvalue weighted by molar-refractivity contribution is 6.05. The molecule has 2 aromatic rings. The Morgan fingerprint density at radius 3 is 1.36 bits per heavy atom. The molecule has 2 aromatic carbocycles. The van der Waals surface area contributed by atoms with Crippen molar-refractivity contribution in [2.75, 3.05) is 0 Å². The van der Waals surface area contributed by atoms with E-state index in [-0.39, 0.29) is 5.78 Å². The van der Waals surface area contributed by atoms with Crippen LogP contribution in [0, 0.1) is 0 Å². The lowest BCUT2D eigenvalue weighted by atomic mass is 10.1. The van der Waals surface area contributed by atoms with Gasteiger partial charge in [-0.05, 0) is 23.3 Å². The van der Waals surface area contributed by atoms with Crippen LogP contribution in [0.4, 0.5) is 0 Å². The normalized spacial score (nSPS) is 10.9. The molecule has 0 spiro atoms. The zero-order valence-electron chi connectivity index (χ0n) is 11.8. The molecule has 0 fully saturated rings. The van der Waals surface area contributed by atoms with Gasteiger partial charge in [0.2, 0.25) is 0 Å². The van der Waals surface area contributed by atoms with Gasteiger partial charge in [0.05, 0.1) is 0 Å². The first-order valence-corrected chi connectivity index (χ1v) is 6.73. The van der Waals surface area contributed by atoms with Gasteiger partial charge in [0.15, 0.2) is 18.4 Å². The Morgan fingerprint density at radius 2 is 1.00 bits per heavy atom. The summed E-state index contributed by atoms with van der Waals surface area (Å²) >= 11 is 0. The molecular formula is C19H14O3. The lowest BCUT2D eigenvalue weighted by Crippen LogP contribution is -1.89. The smallest absolute Gasteiger partial charge is 0.178 e. The van der Waals surface area contributed by atoms with Gasteiger partial charge in [-0.25, -0.2) is 0 Å². The van der Waals surface area contributed by atoms with E-state index < -0.39 is 0 Å². The Bertz CT molecular complexity index is 691. The molecule has 0 amide bonds. The number of aldehydes is 2. The minimum atomic E-state index is -0.221. The summed E-state index contributed by atoms with van der Waals surface area (Å²) in [6.45, 7) is 0. The number of hydrogen-bond donors (Lipinski definition) is 0. The molecule has 22 heavy (non-hydrogen) atoms. The fourth-order valence-corrected chi connectivity index (χ4v) is 1.94.